The van der Waals surface area contributed by atoms with Gasteiger partial charge in [-0.2, -0.15) is 0 Å². The number of aliphatic hydroxyl groups is 1. The number of hydrogen-bond acceptors (Lipinski definition) is 1. The molecule has 0 heterocycles. The summed E-state index contributed by atoms with van der Waals surface area (Å²) in [6, 6.07) is 59.7. The summed E-state index contributed by atoms with van der Waals surface area (Å²) in [6.07, 6.45) is 2.04. The Kier molecular flexibility index (Phi) is 19.4. The summed E-state index contributed by atoms with van der Waals surface area (Å²) >= 11 is 0. The summed E-state index contributed by atoms with van der Waals surface area (Å²) in [5.41, 5.74) is 5.97. The van der Waals surface area contributed by atoms with E-state index in [-0.39, 0.29) is 21.7 Å². The Bertz CT molecular complexity index is 1190. The van der Waals surface area contributed by atoms with Gasteiger partial charge in [0.25, 0.3) is 0 Å². The van der Waals surface area contributed by atoms with E-state index in [1.807, 2.05) is 182 Å². The minimum atomic E-state index is 0. The number of unbranched alkanes of at least 4 members (excludes halogenated alkanes) is 1. The summed E-state index contributed by atoms with van der Waals surface area (Å²) < 4.78 is 0. The molecule has 4 nitrogen and oxygen atoms in total. The molecule has 1 radical (unpaired) electrons. The Morgan fingerprint density at radius 1 is 0.356 bits per heavy atom. The van der Waals surface area contributed by atoms with E-state index in [1.54, 1.807) is 0 Å². The molecule has 0 unspecified atom stereocenters. The third-order valence-corrected chi connectivity index (χ3v) is 5.82. The van der Waals surface area contributed by atoms with Crippen LogP contribution in [0.15, 0.2) is 182 Å². The monoisotopic (exact) mass is 626 g/mol. The van der Waals surface area contributed by atoms with Crippen LogP contribution >= 0.6 is 0 Å². The second kappa shape index (κ2) is 23.8. The van der Waals surface area contributed by atoms with E-state index in [0.717, 1.165) is 47.0 Å². The van der Waals surface area contributed by atoms with Crippen molar-refractivity contribution in [1.82, 2.24) is 0 Å². The van der Waals surface area contributed by atoms with Crippen molar-refractivity contribution in [3.05, 3.63) is 198 Å². The molecule has 1 N–H and O–H groups in total. The van der Waals surface area contributed by atoms with Gasteiger partial charge in [0.05, 0.1) is 0 Å². The first-order valence-electron chi connectivity index (χ1n) is 14.8. The predicted molar refractivity (Wildman–Crippen MR) is 189 cm³/mol. The van der Waals surface area contributed by atoms with Crippen molar-refractivity contribution >= 4 is 34.1 Å². The second-order valence-electron chi connectivity index (χ2n) is 9.43. The molecule has 225 valence electrons. The van der Waals surface area contributed by atoms with Crippen LogP contribution in [0, 0.1) is 0 Å². The van der Waals surface area contributed by atoms with Gasteiger partial charge in [0.15, 0.2) is 0 Å². The van der Waals surface area contributed by atoms with Crippen LogP contribution in [0.5, 0.6) is 0 Å². The average Bonchev–Trinajstić information content (AvgIpc) is 3.09. The average molecular weight is 627 g/mol. The van der Waals surface area contributed by atoms with Crippen molar-refractivity contribution in [2.75, 3.05) is 6.61 Å². The number of para-hydroxylation sites is 6. The minimum Gasteiger partial charge on any atom is -0.658 e. The van der Waals surface area contributed by atoms with Crippen LogP contribution in [-0.2, 0) is 21.7 Å². The van der Waals surface area contributed by atoms with E-state index in [0.29, 0.717) is 6.61 Å². The van der Waals surface area contributed by atoms with Gasteiger partial charge < -0.3 is 21.1 Å². The van der Waals surface area contributed by atoms with Crippen molar-refractivity contribution in [3.63, 3.8) is 0 Å². The summed E-state index contributed by atoms with van der Waals surface area (Å²) in [4.78, 5) is 0. The van der Waals surface area contributed by atoms with Crippen LogP contribution in [0.3, 0.4) is 0 Å². The quantitative estimate of drug-likeness (QED) is 0.168. The maximum absolute atomic E-state index is 8.07. The van der Waals surface area contributed by atoms with E-state index in [1.165, 1.54) is 0 Å². The SMILES string of the molecule is CCCCO.[Ti+3].c1ccc([N-]c2ccccc2)cc1.c1ccc([N-]c2ccccc2)cc1.c1ccc([N-]c2ccccc2)cc1. The Hall–Kier alpha value is -4.61. The summed E-state index contributed by atoms with van der Waals surface area (Å²) in [5, 5.41) is 21.4. The molecule has 45 heavy (non-hydrogen) atoms. The minimum absolute atomic E-state index is 0. The molecule has 0 saturated heterocycles. The van der Waals surface area contributed by atoms with Crippen molar-refractivity contribution in [2.24, 2.45) is 0 Å². The first-order chi connectivity index (χ1) is 21.8. The molecule has 0 spiro atoms. The molecule has 0 fully saturated rings. The topological polar surface area (TPSA) is 62.5 Å². The van der Waals surface area contributed by atoms with Crippen molar-refractivity contribution in [2.45, 2.75) is 19.8 Å². The Morgan fingerprint density at radius 3 is 0.644 bits per heavy atom. The van der Waals surface area contributed by atoms with Gasteiger partial charge in [-0.25, -0.2) is 0 Å². The maximum atomic E-state index is 8.07. The van der Waals surface area contributed by atoms with Crippen LogP contribution < -0.4 is 0 Å². The predicted octanol–water partition coefficient (Wildman–Crippen LogP) is 12.8. The van der Waals surface area contributed by atoms with Gasteiger partial charge >= 0.3 is 21.7 Å². The van der Waals surface area contributed by atoms with Crippen LogP contribution in [-0.4, -0.2) is 11.7 Å². The van der Waals surface area contributed by atoms with Crippen molar-refractivity contribution in [1.29, 1.82) is 0 Å². The fraction of sp³-hybridized carbons (Fsp3) is 0.100. The fourth-order valence-corrected chi connectivity index (χ4v) is 3.62. The van der Waals surface area contributed by atoms with Crippen LogP contribution in [0.25, 0.3) is 16.0 Å². The molecule has 0 bridgehead atoms. The number of nitrogens with zero attached hydrogens (tertiary/aromatic N) is 3. The van der Waals surface area contributed by atoms with Gasteiger partial charge in [0.2, 0.25) is 0 Å². The molecule has 5 heteroatoms. The zero-order valence-electron chi connectivity index (χ0n) is 25.7. The number of rotatable bonds is 8. The molecule has 6 aromatic carbocycles. The largest absolute Gasteiger partial charge is 3.00 e. The van der Waals surface area contributed by atoms with Crippen LogP contribution in [0.1, 0.15) is 19.8 Å². The van der Waals surface area contributed by atoms with Gasteiger partial charge in [-0.15, -0.1) is 34.1 Å². The third kappa shape index (κ3) is 16.7. The van der Waals surface area contributed by atoms with Gasteiger partial charge in [0.1, 0.15) is 0 Å². The van der Waals surface area contributed by atoms with Gasteiger partial charge in [-0.05, 0) is 6.42 Å². The molecular weight excluding hydrogens is 586 g/mol. The molecule has 0 saturated carbocycles. The first-order valence-corrected chi connectivity index (χ1v) is 14.8. The summed E-state index contributed by atoms with van der Waals surface area (Å²) in [6.45, 7) is 2.40. The standard InChI is InChI=1S/3C12H10N.C4H10O.Ti/c3*1-3-7-11(8-4-1)13-12-9-5-2-6-10-12;1-2-3-4-5;/h3*1-10H;5H,2-4H2,1H3;/q3*-1;;+3. The zero-order valence-corrected chi connectivity index (χ0v) is 27.3. The van der Waals surface area contributed by atoms with E-state index in [9.17, 15) is 0 Å². The molecule has 0 atom stereocenters. The molecule has 0 aromatic heterocycles. The Balaban J connectivity index is 0.000000217. The molecule has 6 rings (SSSR count). The summed E-state index contributed by atoms with van der Waals surface area (Å²) in [7, 11) is 0. The third-order valence-electron chi connectivity index (χ3n) is 5.82. The first kappa shape index (κ1) is 36.6. The second-order valence-corrected chi connectivity index (χ2v) is 9.43. The molecule has 0 aliphatic carbocycles. The zero-order chi connectivity index (χ0) is 30.9. The summed E-state index contributed by atoms with van der Waals surface area (Å²) in [5.74, 6) is 0. The van der Waals surface area contributed by atoms with Gasteiger partial charge in [0, 0.05) is 6.61 Å². The molecular formula is C40H40N3OTi. The van der Waals surface area contributed by atoms with Gasteiger partial charge in [-0.1, -0.05) is 195 Å². The smallest absolute Gasteiger partial charge is 0.658 e. The molecule has 0 aliphatic rings. The van der Waals surface area contributed by atoms with Gasteiger partial charge in [-0.3, -0.25) is 0 Å². The molecule has 6 aromatic rings. The molecule has 0 amide bonds. The molecule has 0 aliphatic heterocycles. The van der Waals surface area contributed by atoms with E-state index in [2.05, 4.69) is 22.9 Å². The number of hydrogen-bond donors (Lipinski definition) is 1. The maximum Gasteiger partial charge on any atom is 3.00 e. The number of benzene rings is 6. The van der Waals surface area contributed by atoms with E-state index in [4.69, 9.17) is 5.11 Å². The Labute approximate surface area is 284 Å². The van der Waals surface area contributed by atoms with E-state index < -0.39 is 0 Å². The van der Waals surface area contributed by atoms with Crippen molar-refractivity contribution in [3.8, 4) is 0 Å². The normalized spacial score (nSPS) is 9.20. The van der Waals surface area contributed by atoms with E-state index >= 15 is 0 Å². The van der Waals surface area contributed by atoms with Crippen molar-refractivity contribution < 1.29 is 26.8 Å². The van der Waals surface area contributed by atoms with Crippen LogP contribution in [0.2, 0.25) is 0 Å². The fourth-order valence-electron chi connectivity index (χ4n) is 3.62. The van der Waals surface area contributed by atoms with Crippen LogP contribution in [0.4, 0.5) is 34.1 Å². The Morgan fingerprint density at radius 2 is 0.533 bits per heavy atom. The number of aliphatic hydroxyl groups excluding tert-OH is 1.